The Bertz CT molecular complexity index is 834. The first kappa shape index (κ1) is 18.3. The number of ether oxygens (including phenoxy) is 1. The molecule has 1 saturated carbocycles. The number of hydrogen-bond donors (Lipinski definition) is 2. The number of hydrogen-bond acceptors (Lipinski definition) is 3. The van der Waals surface area contributed by atoms with Crippen molar-refractivity contribution in [3.05, 3.63) is 58.6 Å². The smallest absolute Gasteiger partial charge is 0.265 e. The normalized spacial score (nSPS) is 14.4. The highest BCUT2D eigenvalue weighted by molar-refractivity contribution is 6.30. The van der Waals surface area contributed by atoms with E-state index in [-0.39, 0.29) is 17.9 Å². The number of anilines is 1. The van der Waals surface area contributed by atoms with E-state index in [1.165, 1.54) is 0 Å². The van der Waals surface area contributed by atoms with Crippen LogP contribution in [0.25, 0.3) is 0 Å². The quantitative estimate of drug-likeness (QED) is 0.806. The minimum Gasteiger partial charge on any atom is -0.481 e. The number of nitrogens with one attached hydrogen (secondary N) is 2. The molecule has 0 bridgehead atoms. The van der Waals surface area contributed by atoms with E-state index in [4.69, 9.17) is 16.3 Å². The van der Waals surface area contributed by atoms with Crippen LogP contribution in [0.4, 0.5) is 5.69 Å². The van der Waals surface area contributed by atoms with E-state index in [1.807, 2.05) is 6.92 Å². The molecule has 0 saturated heterocycles. The van der Waals surface area contributed by atoms with Crippen molar-refractivity contribution in [2.75, 3.05) is 5.32 Å². The first-order valence-electron chi connectivity index (χ1n) is 8.57. The SMILES string of the molecule is Cc1cc(Cl)ccc1OC(C)C(=O)Nc1cccc(C(=O)NC2CC2)c1. The van der Waals surface area contributed by atoms with Crippen molar-refractivity contribution >= 4 is 29.1 Å². The predicted octanol–water partition coefficient (Wildman–Crippen LogP) is 3.95. The maximum Gasteiger partial charge on any atom is 0.265 e. The van der Waals surface area contributed by atoms with Crippen LogP contribution in [0.1, 0.15) is 35.7 Å². The first-order chi connectivity index (χ1) is 12.4. The molecule has 5 nitrogen and oxygen atoms in total. The molecule has 1 aliphatic rings. The molecule has 0 aliphatic heterocycles. The van der Waals surface area contributed by atoms with Crippen LogP contribution in [0, 0.1) is 6.92 Å². The topological polar surface area (TPSA) is 67.4 Å². The molecule has 0 heterocycles. The fourth-order valence-corrected chi connectivity index (χ4v) is 2.69. The van der Waals surface area contributed by atoms with E-state index in [9.17, 15) is 9.59 Å². The van der Waals surface area contributed by atoms with Crippen molar-refractivity contribution in [3.8, 4) is 5.75 Å². The second kappa shape index (κ2) is 7.79. The number of carbonyl (C=O) groups excluding carboxylic acids is 2. The predicted molar refractivity (Wildman–Crippen MR) is 102 cm³/mol. The fraction of sp³-hybridized carbons (Fsp3) is 0.300. The summed E-state index contributed by atoms with van der Waals surface area (Å²) in [5.74, 6) is 0.193. The molecule has 26 heavy (non-hydrogen) atoms. The summed E-state index contributed by atoms with van der Waals surface area (Å²) < 4.78 is 5.72. The van der Waals surface area contributed by atoms with Gasteiger partial charge < -0.3 is 15.4 Å². The van der Waals surface area contributed by atoms with Crippen LogP contribution in [-0.4, -0.2) is 24.0 Å². The van der Waals surface area contributed by atoms with Gasteiger partial charge in [-0.15, -0.1) is 0 Å². The lowest BCUT2D eigenvalue weighted by atomic mass is 10.2. The number of aryl methyl sites for hydroxylation is 1. The Morgan fingerprint density at radius 1 is 1.19 bits per heavy atom. The molecule has 2 amide bonds. The van der Waals surface area contributed by atoms with Crippen LogP contribution in [-0.2, 0) is 4.79 Å². The highest BCUT2D eigenvalue weighted by Gasteiger charge is 2.24. The largest absolute Gasteiger partial charge is 0.481 e. The van der Waals surface area contributed by atoms with Gasteiger partial charge in [-0.1, -0.05) is 17.7 Å². The summed E-state index contributed by atoms with van der Waals surface area (Å²) in [5, 5.41) is 6.34. The van der Waals surface area contributed by atoms with Crippen LogP contribution < -0.4 is 15.4 Å². The molecule has 1 unspecified atom stereocenters. The molecule has 6 heteroatoms. The molecule has 2 aromatic carbocycles. The van der Waals surface area contributed by atoms with E-state index in [0.29, 0.717) is 22.0 Å². The van der Waals surface area contributed by atoms with Gasteiger partial charge in [0.15, 0.2) is 6.10 Å². The molecule has 2 N–H and O–H groups in total. The lowest BCUT2D eigenvalue weighted by molar-refractivity contribution is -0.122. The second-order valence-electron chi connectivity index (χ2n) is 6.49. The number of halogens is 1. The molecule has 1 atom stereocenters. The molecular weight excluding hydrogens is 352 g/mol. The van der Waals surface area contributed by atoms with E-state index in [2.05, 4.69) is 10.6 Å². The molecule has 0 radical (unpaired) electrons. The lowest BCUT2D eigenvalue weighted by Crippen LogP contribution is -2.30. The maximum atomic E-state index is 12.4. The van der Waals surface area contributed by atoms with Gasteiger partial charge in [0.25, 0.3) is 11.8 Å². The van der Waals surface area contributed by atoms with Gasteiger partial charge in [-0.25, -0.2) is 0 Å². The summed E-state index contributed by atoms with van der Waals surface area (Å²) in [4.78, 5) is 24.5. The Hall–Kier alpha value is -2.53. The average Bonchev–Trinajstić information content (AvgIpc) is 3.41. The van der Waals surface area contributed by atoms with E-state index in [0.717, 1.165) is 18.4 Å². The van der Waals surface area contributed by atoms with Gasteiger partial charge in [0, 0.05) is 22.3 Å². The Morgan fingerprint density at radius 2 is 1.96 bits per heavy atom. The zero-order valence-corrected chi connectivity index (χ0v) is 15.5. The zero-order valence-electron chi connectivity index (χ0n) is 14.7. The number of benzene rings is 2. The molecular formula is C20H21ClN2O3. The molecule has 1 aliphatic carbocycles. The van der Waals surface area contributed by atoms with Gasteiger partial charge in [0.2, 0.25) is 0 Å². The molecule has 2 aromatic rings. The van der Waals surface area contributed by atoms with Gasteiger partial charge in [-0.2, -0.15) is 0 Å². The van der Waals surface area contributed by atoms with Crippen LogP contribution >= 0.6 is 11.6 Å². The number of carbonyl (C=O) groups is 2. The lowest BCUT2D eigenvalue weighted by Gasteiger charge is -2.16. The van der Waals surface area contributed by atoms with E-state index in [1.54, 1.807) is 49.4 Å². The number of amides is 2. The van der Waals surface area contributed by atoms with Gasteiger partial charge >= 0.3 is 0 Å². The monoisotopic (exact) mass is 372 g/mol. The van der Waals surface area contributed by atoms with Gasteiger partial charge in [0.05, 0.1) is 0 Å². The van der Waals surface area contributed by atoms with Crippen LogP contribution in [0.3, 0.4) is 0 Å². The third-order valence-electron chi connectivity index (χ3n) is 4.11. The van der Waals surface area contributed by atoms with Crippen molar-refractivity contribution in [2.24, 2.45) is 0 Å². The van der Waals surface area contributed by atoms with Crippen LogP contribution in [0.5, 0.6) is 5.75 Å². The summed E-state index contributed by atoms with van der Waals surface area (Å²) in [6.45, 7) is 3.54. The van der Waals surface area contributed by atoms with Crippen molar-refractivity contribution in [1.82, 2.24) is 5.32 Å². The van der Waals surface area contributed by atoms with Crippen LogP contribution in [0.15, 0.2) is 42.5 Å². The molecule has 136 valence electrons. The Labute approximate surface area is 157 Å². The highest BCUT2D eigenvalue weighted by atomic mass is 35.5. The minimum absolute atomic E-state index is 0.121. The molecule has 0 aromatic heterocycles. The minimum atomic E-state index is -0.696. The Balaban J connectivity index is 1.62. The third-order valence-corrected chi connectivity index (χ3v) is 4.35. The van der Waals surface area contributed by atoms with E-state index < -0.39 is 6.10 Å². The number of rotatable bonds is 6. The standard InChI is InChI=1S/C20H21ClN2O3/c1-12-10-15(21)6-9-18(12)26-13(2)19(24)23-17-5-3-4-14(11-17)20(25)22-16-7-8-16/h3-6,9-11,13,16H,7-8H2,1-2H3,(H,22,25)(H,23,24). The van der Waals surface area contributed by atoms with Gasteiger partial charge in [-0.05, 0) is 68.7 Å². The van der Waals surface area contributed by atoms with Crippen LogP contribution in [0.2, 0.25) is 5.02 Å². The van der Waals surface area contributed by atoms with Crippen molar-refractivity contribution < 1.29 is 14.3 Å². The van der Waals surface area contributed by atoms with E-state index >= 15 is 0 Å². The highest BCUT2D eigenvalue weighted by Crippen LogP contribution is 2.23. The maximum absolute atomic E-state index is 12.4. The first-order valence-corrected chi connectivity index (χ1v) is 8.95. The second-order valence-corrected chi connectivity index (χ2v) is 6.92. The van der Waals surface area contributed by atoms with Crippen molar-refractivity contribution in [2.45, 2.75) is 38.8 Å². The summed E-state index contributed by atoms with van der Waals surface area (Å²) in [6.07, 6.45) is 1.36. The fourth-order valence-electron chi connectivity index (χ4n) is 2.47. The Kier molecular flexibility index (Phi) is 5.47. The van der Waals surface area contributed by atoms with Crippen molar-refractivity contribution in [3.63, 3.8) is 0 Å². The molecule has 3 rings (SSSR count). The molecule has 0 spiro atoms. The van der Waals surface area contributed by atoms with Crippen molar-refractivity contribution in [1.29, 1.82) is 0 Å². The zero-order chi connectivity index (χ0) is 18.7. The summed E-state index contributed by atoms with van der Waals surface area (Å²) >= 11 is 5.93. The Morgan fingerprint density at radius 3 is 2.65 bits per heavy atom. The third kappa shape index (κ3) is 4.76. The average molecular weight is 373 g/mol. The molecule has 1 fully saturated rings. The van der Waals surface area contributed by atoms with Gasteiger partial charge in [-0.3, -0.25) is 9.59 Å². The van der Waals surface area contributed by atoms with Gasteiger partial charge in [0.1, 0.15) is 5.75 Å². The summed E-state index contributed by atoms with van der Waals surface area (Å²) in [7, 11) is 0. The summed E-state index contributed by atoms with van der Waals surface area (Å²) in [6, 6.07) is 12.4. The summed E-state index contributed by atoms with van der Waals surface area (Å²) in [5.41, 5.74) is 1.94.